The van der Waals surface area contributed by atoms with Crippen molar-refractivity contribution < 1.29 is 4.79 Å². The Hall–Kier alpha value is -0.440. The lowest BCUT2D eigenvalue weighted by molar-refractivity contribution is -0.119. The van der Waals surface area contributed by atoms with Crippen LogP contribution in [0.5, 0.6) is 0 Å². The predicted octanol–water partition coefficient (Wildman–Crippen LogP) is 2.52. The first kappa shape index (κ1) is 10.6. The van der Waals surface area contributed by atoms with Gasteiger partial charge in [-0.1, -0.05) is 45.0 Å². The van der Waals surface area contributed by atoms with Crippen molar-refractivity contribution in [3.63, 3.8) is 0 Å². The molecule has 0 saturated carbocycles. The molecule has 74 valence electrons. The van der Waals surface area contributed by atoms with Crippen molar-refractivity contribution in [1.29, 1.82) is 0 Å². The van der Waals surface area contributed by atoms with Crippen molar-refractivity contribution >= 4 is 17.7 Å². The second-order valence-electron chi connectivity index (χ2n) is 3.84. The summed E-state index contributed by atoms with van der Waals surface area (Å²) in [5, 5.41) is 3.66. The molecular formula is C10H17NOS. The third kappa shape index (κ3) is 3.43. The van der Waals surface area contributed by atoms with Gasteiger partial charge in [0, 0.05) is 0 Å². The molecule has 1 heterocycles. The molecule has 2 nitrogen and oxygen atoms in total. The van der Waals surface area contributed by atoms with Gasteiger partial charge in [-0.15, -0.1) is 0 Å². The van der Waals surface area contributed by atoms with Crippen LogP contribution in [0.1, 0.15) is 33.1 Å². The summed E-state index contributed by atoms with van der Waals surface area (Å²) in [6, 6.07) is 0. The molecule has 1 fully saturated rings. The maximum atomic E-state index is 11.3. The first-order valence-corrected chi connectivity index (χ1v) is 5.64. The van der Waals surface area contributed by atoms with E-state index in [1.54, 1.807) is 11.8 Å². The Bertz CT molecular complexity index is 213. The predicted molar refractivity (Wildman–Crippen MR) is 57.4 cm³/mol. The van der Waals surface area contributed by atoms with Crippen LogP contribution < -0.4 is 5.32 Å². The fourth-order valence-corrected chi connectivity index (χ4v) is 2.33. The molecule has 1 aliphatic rings. The first-order valence-electron chi connectivity index (χ1n) is 4.76. The number of nitrogens with one attached hydrogen (secondary N) is 1. The highest BCUT2D eigenvalue weighted by Gasteiger charge is 2.26. The molecule has 1 amide bonds. The zero-order valence-electron chi connectivity index (χ0n) is 8.30. The number of amides is 1. The average molecular weight is 199 g/mol. The van der Waals surface area contributed by atoms with Crippen LogP contribution in [0.15, 0.2) is 11.6 Å². The second-order valence-corrected chi connectivity index (χ2v) is 5.14. The summed E-state index contributed by atoms with van der Waals surface area (Å²) < 4.78 is 0. The summed E-state index contributed by atoms with van der Waals surface area (Å²) in [4.78, 5) is 11.3. The molecule has 13 heavy (non-hydrogen) atoms. The van der Waals surface area contributed by atoms with Gasteiger partial charge in [-0.05, 0) is 12.3 Å². The molecule has 0 spiro atoms. The van der Waals surface area contributed by atoms with E-state index < -0.39 is 0 Å². The Morgan fingerprint density at radius 1 is 1.62 bits per heavy atom. The minimum Gasteiger partial charge on any atom is -0.320 e. The van der Waals surface area contributed by atoms with Gasteiger partial charge < -0.3 is 5.32 Å². The number of carbonyl (C=O) groups is 1. The molecule has 0 radical (unpaired) electrons. The SMILES string of the molecule is C=C1NC(=O)C(CCCC(C)C)S1. The molecule has 1 aliphatic heterocycles. The van der Waals surface area contributed by atoms with Crippen molar-refractivity contribution in [3.8, 4) is 0 Å². The van der Waals surface area contributed by atoms with E-state index in [4.69, 9.17) is 0 Å². The Kier molecular flexibility index (Phi) is 3.85. The van der Waals surface area contributed by atoms with E-state index in [0.29, 0.717) is 0 Å². The Morgan fingerprint density at radius 2 is 2.31 bits per heavy atom. The number of rotatable bonds is 4. The van der Waals surface area contributed by atoms with Gasteiger partial charge in [0.1, 0.15) is 0 Å². The summed E-state index contributed by atoms with van der Waals surface area (Å²) in [6.45, 7) is 8.15. The van der Waals surface area contributed by atoms with Crippen LogP contribution in [0, 0.1) is 5.92 Å². The third-order valence-electron chi connectivity index (χ3n) is 2.09. The Labute approximate surface area is 84.2 Å². The van der Waals surface area contributed by atoms with E-state index in [2.05, 4.69) is 25.7 Å². The van der Waals surface area contributed by atoms with Gasteiger partial charge in [-0.2, -0.15) is 0 Å². The van der Waals surface area contributed by atoms with E-state index in [1.165, 1.54) is 6.42 Å². The zero-order valence-corrected chi connectivity index (χ0v) is 9.12. The number of thioether (sulfide) groups is 1. The second kappa shape index (κ2) is 4.70. The van der Waals surface area contributed by atoms with E-state index >= 15 is 0 Å². The number of hydrogen-bond donors (Lipinski definition) is 1. The molecule has 0 aromatic rings. The molecule has 0 bridgehead atoms. The summed E-state index contributed by atoms with van der Waals surface area (Å²) >= 11 is 1.57. The van der Waals surface area contributed by atoms with E-state index in [0.717, 1.165) is 23.8 Å². The van der Waals surface area contributed by atoms with Gasteiger partial charge in [-0.25, -0.2) is 0 Å². The van der Waals surface area contributed by atoms with Crippen molar-refractivity contribution in [3.05, 3.63) is 11.6 Å². The normalized spacial score (nSPS) is 22.5. The number of carbonyl (C=O) groups excluding carboxylic acids is 1. The van der Waals surface area contributed by atoms with Crippen LogP contribution in [-0.4, -0.2) is 11.2 Å². The molecule has 3 heteroatoms. The van der Waals surface area contributed by atoms with Crippen LogP contribution in [0.4, 0.5) is 0 Å². The van der Waals surface area contributed by atoms with Crippen molar-refractivity contribution in [2.45, 2.75) is 38.4 Å². The van der Waals surface area contributed by atoms with Gasteiger partial charge in [0.25, 0.3) is 0 Å². The third-order valence-corrected chi connectivity index (χ3v) is 3.21. The first-order chi connectivity index (χ1) is 6.09. The quantitative estimate of drug-likeness (QED) is 0.753. The molecule has 1 unspecified atom stereocenters. The lowest BCUT2D eigenvalue weighted by atomic mass is 10.1. The lowest BCUT2D eigenvalue weighted by Crippen LogP contribution is -2.21. The van der Waals surface area contributed by atoms with Crippen molar-refractivity contribution in [2.75, 3.05) is 0 Å². The average Bonchev–Trinajstić information content (AvgIpc) is 2.29. The van der Waals surface area contributed by atoms with Gasteiger partial charge in [0.15, 0.2) is 0 Å². The molecule has 1 rings (SSSR count). The van der Waals surface area contributed by atoms with Crippen LogP contribution in [0.2, 0.25) is 0 Å². The fraction of sp³-hybridized carbons (Fsp3) is 0.700. The zero-order chi connectivity index (χ0) is 9.84. The largest absolute Gasteiger partial charge is 0.320 e. The minimum atomic E-state index is 0.117. The highest BCUT2D eigenvalue weighted by molar-refractivity contribution is 8.04. The van der Waals surface area contributed by atoms with Crippen LogP contribution >= 0.6 is 11.8 Å². The number of hydrogen-bond acceptors (Lipinski definition) is 2. The summed E-state index contributed by atoms with van der Waals surface area (Å²) in [5.41, 5.74) is 0. The summed E-state index contributed by atoms with van der Waals surface area (Å²) in [6.07, 6.45) is 3.32. The molecule has 0 aromatic carbocycles. The molecule has 0 aromatic heterocycles. The van der Waals surface area contributed by atoms with Gasteiger partial charge in [0.05, 0.1) is 10.3 Å². The molecule has 1 N–H and O–H groups in total. The summed E-state index contributed by atoms with van der Waals surface area (Å²) in [5.74, 6) is 0.872. The van der Waals surface area contributed by atoms with Crippen molar-refractivity contribution in [2.24, 2.45) is 5.92 Å². The van der Waals surface area contributed by atoms with E-state index in [1.807, 2.05) is 0 Å². The monoisotopic (exact) mass is 199 g/mol. The van der Waals surface area contributed by atoms with Crippen LogP contribution in [0.3, 0.4) is 0 Å². The van der Waals surface area contributed by atoms with Gasteiger partial charge in [-0.3, -0.25) is 4.79 Å². The highest BCUT2D eigenvalue weighted by Crippen LogP contribution is 2.29. The summed E-state index contributed by atoms with van der Waals surface area (Å²) in [7, 11) is 0. The van der Waals surface area contributed by atoms with E-state index in [-0.39, 0.29) is 11.2 Å². The van der Waals surface area contributed by atoms with Crippen LogP contribution in [0.25, 0.3) is 0 Å². The molecular weight excluding hydrogens is 182 g/mol. The highest BCUT2D eigenvalue weighted by atomic mass is 32.2. The lowest BCUT2D eigenvalue weighted by Gasteiger charge is -2.06. The standard InChI is InChI=1S/C10H17NOS/c1-7(2)5-4-6-9-10(12)11-8(3)13-9/h7,9H,3-6H2,1-2H3,(H,11,12). The van der Waals surface area contributed by atoms with Crippen LogP contribution in [-0.2, 0) is 4.79 Å². The van der Waals surface area contributed by atoms with Gasteiger partial charge >= 0.3 is 0 Å². The van der Waals surface area contributed by atoms with Gasteiger partial charge in [0.2, 0.25) is 5.91 Å². The topological polar surface area (TPSA) is 29.1 Å². The van der Waals surface area contributed by atoms with Crippen molar-refractivity contribution in [1.82, 2.24) is 5.32 Å². The molecule has 0 aliphatic carbocycles. The molecule has 1 saturated heterocycles. The molecule has 1 atom stereocenters. The maximum absolute atomic E-state index is 11.3. The maximum Gasteiger partial charge on any atom is 0.238 e. The Morgan fingerprint density at radius 3 is 2.77 bits per heavy atom. The smallest absolute Gasteiger partial charge is 0.238 e. The fourth-order valence-electron chi connectivity index (χ4n) is 1.37. The minimum absolute atomic E-state index is 0.117. The Balaban J connectivity index is 2.22. The van der Waals surface area contributed by atoms with E-state index in [9.17, 15) is 4.79 Å².